The van der Waals surface area contributed by atoms with Crippen LogP contribution >= 0.6 is 0 Å². The third-order valence-corrected chi connectivity index (χ3v) is 12.7. The summed E-state index contributed by atoms with van der Waals surface area (Å²) in [5, 5.41) is 9.56. The van der Waals surface area contributed by atoms with Crippen LogP contribution in [-0.2, 0) is 75.8 Å². The van der Waals surface area contributed by atoms with Gasteiger partial charge < -0.3 is 80.9 Å². The SMILES string of the molecule is C/C=C/COCC(C)(COC/C=C/C)COC/C=C/C.C=CCOCC(C)(COCC=C)COCC=C.C=CCOCC(CO)(COCC=C)COCC=C.C=CCOCC1CCC(COCC=C)CC1.C=CCOCCCCOCC=C.C=CCOCCOCCOCC=C. The van der Waals surface area contributed by atoms with Crippen LogP contribution in [0.2, 0.25) is 0 Å². The largest absolute Gasteiger partial charge is 0.396 e. The Labute approximate surface area is 585 Å². The van der Waals surface area contributed by atoms with E-state index >= 15 is 0 Å². The quantitative estimate of drug-likeness (QED) is 0.0450. The zero-order chi connectivity index (χ0) is 72.3. The Kier molecular flexibility index (Phi) is 88.2. The number of aliphatic hydroxyl groups is 1. The van der Waals surface area contributed by atoms with Crippen molar-refractivity contribution in [3.8, 4) is 0 Å². The highest BCUT2D eigenvalue weighted by Crippen LogP contribution is 2.29. The molecule has 0 aliphatic heterocycles. The van der Waals surface area contributed by atoms with Crippen LogP contribution in [0, 0.1) is 28.1 Å². The van der Waals surface area contributed by atoms with Crippen molar-refractivity contribution in [3.05, 3.63) is 188 Å². The van der Waals surface area contributed by atoms with Crippen LogP contribution in [0.1, 0.15) is 73.1 Å². The highest BCUT2D eigenvalue weighted by atomic mass is 16.5. The molecule has 0 heterocycles. The molecule has 0 amide bonds. The lowest BCUT2D eigenvalue weighted by molar-refractivity contribution is -0.0821. The van der Waals surface area contributed by atoms with Crippen molar-refractivity contribution in [1.29, 1.82) is 0 Å². The zero-order valence-electron chi connectivity index (χ0n) is 61.1. The summed E-state index contributed by atoms with van der Waals surface area (Å²) in [6.07, 6.45) is 39.9. The summed E-state index contributed by atoms with van der Waals surface area (Å²) in [4.78, 5) is 0. The lowest BCUT2D eigenvalue weighted by Gasteiger charge is -2.30. The van der Waals surface area contributed by atoms with Gasteiger partial charge in [0.05, 0.1) is 197 Å². The van der Waals surface area contributed by atoms with E-state index < -0.39 is 5.41 Å². The summed E-state index contributed by atoms with van der Waals surface area (Å²) in [6.45, 7) is 72.3. The maximum absolute atomic E-state index is 9.56. The number of rotatable bonds is 64. The van der Waals surface area contributed by atoms with E-state index in [4.69, 9.17) is 75.8 Å². The lowest BCUT2D eigenvalue weighted by Crippen LogP contribution is -2.41. The molecule has 1 N–H and O–H groups in total. The van der Waals surface area contributed by atoms with Gasteiger partial charge in [-0.15, -0.1) is 78.9 Å². The monoisotopic (exact) mass is 1360 g/mol. The maximum atomic E-state index is 9.56. The fourth-order valence-corrected chi connectivity index (χ4v) is 7.78. The molecule has 96 heavy (non-hydrogen) atoms. The van der Waals surface area contributed by atoms with Crippen LogP contribution in [0.3, 0.4) is 0 Å². The molecular formula is C79H138O17. The molecular weight excluding hydrogens is 1220 g/mol. The van der Waals surface area contributed by atoms with E-state index in [-0.39, 0.29) is 17.4 Å². The molecule has 1 rings (SSSR count). The van der Waals surface area contributed by atoms with Crippen molar-refractivity contribution < 1.29 is 80.9 Å². The molecule has 1 fully saturated rings. The molecule has 0 spiro atoms. The van der Waals surface area contributed by atoms with Crippen molar-refractivity contribution in [2.24, 2.45) is 28.1 Å². The van der Waals surface area contributed by atoms with Gasteiger partial charge in [-0.3, -0.25) is 0 Å². The highest BCUT2D eigenvalue weighted by Gasteiger charge is 2.31. The Hall–Kier alpha value is -4.58. The van der Waals surface area contributed by atoms with E-state index in [1.54, 1.807) is 60.8 Å². The molecule has 1 aliphatic carbocycles. The molecule has 0 atom stereocenters. The van der Waals surface area contributed by atoms with Crippen LogP contribution in [0.25, 0.3) is 0 Å². The summed E-state index contributed by atoms with van der Waals surface area (Å²) in [5.74, 6) is 1.49. The van der Waals surface area contributed by atoms with Gasteiger partial charge in [-0.2, -0.15) is 0 Å². The fourth-order valence-electron chi connectivity index (χ4n) is 7.78. The van der Waals surface area contributed by atoms with Crippen LogP contribution in [0.5, 0.6) is 0 Å². The number of unbranched alkanes of at least 4 members (excludes halogenated alkanes) is 1. The summed E-state index contributed by atoms with van der Waals surface area (Å²) in [5.41, 5.74) is -0.838. The predicted molar refractivity (Wildman–Crippen MR) is 400 cm³/mol. The molecule has 1 saturated carbocycles. The minimum Gasteiger partial charge on any atom is -0.396 e. The van der Waals surface area contributed by atoms with Gasteiger partial charge in [0, 0.05) is 37.3 Å². The molecule has 0 unspecified atom stereocenters. The van der Waals surface area contributed by atoms with E-state index in [0.29, 0.717) is 185 Å². The molecule has 1 aliphatic rings. The molecule has 556 valence electrons. The molecule has 0 aromatic rings. The molecule has 0 saturated heterocycles. The Balaban J connectivity index is -0.000000348. The van der Waals surface area contributed by atoms with Crippen molar-refractivity contribution in [3.63, 3.8) is 0 Å². The molecule has 17 heteroatoms. The van der Waals surface area contributed by atoms with Gasteiger partial charge in [-0.25, -0.2) is 0 Å². The van der Waals surface area contributed by atoms with Crippen LogP contribution < -0.4 is 0 Å². The van der Waals surface area contributed by atoms with Crippen molar-refractivity contribution in [1.82, 2.24) is 0 Å². The first-order chi connectivity index (χ1) is 46.8. The average Bonchev–Trinajstić information content (AvgIpc) is 1.26. The highest BCUT2D eigenvalue weighted by molar-refractivity contribution is 4.84. The Morgan fingerprint density at radius 3 is 0.729 bits per heavy atom. The third kappa shape index (κ3) is 78.4. The van der Waals surface area contributed by atoms with Crippen molar-refractivity contribution in [2.45, 2.75) is 73.1 Å². The standard InChI is InChI=1S/C17H30O3.C14H24O4.C14H24O3.C14H24O2.C10H18O3.C10H18O2/c1-5-8-11-18-14-17(4,15-19-12-9-6-2)16-20-13-10-7-3;1-4-7-16-11-14(10-15,12-17-8-5-2)13-18-9-6-3;1-5-8-15-11-14(4,12-16-9-6-2)13-17-10-7-3;1-3-9-15-11-13-5-7-14(8-6-13)12-16-10-4-2;1-3-5-11-7-9-13-10-8-12-6-4-2;1-3-7-11-9-5-6-10-12-8-4-2/h5-10H,11-16H2,1-4H3;4-6,15H,1-3,7-13H2;5-7H,1-3,8-13H2,4H3;3-4,13-14H,1-2,5-12H2;3-4H,1-2,5-10H2;3-4H,1-2,5-10H2/b8-5+,9-6+,10-7+;;;;;. The number of ether oxygens (including phenoxy) is 16. The second-order valence-electron chi connectivity index (χ2n) is 22.7. The van der Waals surface area contributed by atoms with E-state index in [0.717, 1.165) is 51.1 Å². The summed E-state index contributed by atoms with van der Waals surface area (Å²) < 4.78 is 86.5. The van der Waals surface area contributed by atoms with Crippen molar-refractivity contribution in [2.75, 3.05) is 218 Å². The van der Waals surface area contributed by atoms with Crippen LogP contribution in [-0.4, -0.2) is 223 Å². The third-order valence-electron chi connectivity index (χ3n) is 12.7. The first kappa shape index (κ1) is 100. The van der Waals surface area contributed by atoms with Crippen LogP contribution in [0.4, 0.5) is 0 Å². The van der Waals surface area contributed by atoms with E-state index in [2.05, 4.69) is 92.8 Å². The van der Waals surface area contributed by atoms with E-state index in [1.165, 1.54) is 25.7 Å². The topological polar surface area (TPSA) is 168 Å². The van der Waals surface area contributed by atoms with E-state index in [9.17, 15) is 5.11 Å². The fraction of sp³-hybridized carbons (Fsp3) is 0.620. The number of aliphatic hydroxyl groups excluding tert-OH is 1. The minimum atomic E-state index is -0.560. The zero-order valence-corrected chi connectivity index (χ0v) is 61.1. The first-order valence-corrected chi connectivity index (χ1v) is 33.8. The first-order valence-electron chi connectivity index (χ1n) is 33.8. The van der Waals surface area contributed by atoms with Gasteiger partial charge in [0.15, 0.2) is 0 Å². The second-order valence-corrected chi connectivity index (χ2v) is 22.7. The molecule has 0 radical (unpaired) electrons. The summed E-state index contributed by atoms with van der Waals surface area (Å²) in [7, 11) is 0. The van der Waals surface area contributed by atoms with Gasteiger partial charge >= 0.3 is 0 Å². The smallest absolute Gasteiger partial charge is 0.0704 e. The second kappa shape index (κ2) is 84.6. The number of hydrogen-bond donors (Lipinski definition) is 1. The molecule has 17 nitrogen and oxygen atoms in total. The van der Waals surface area contributed by atoms with Gasteiger partial charge in [-0.1, -0.05) is 123 Å². The van der Waals surface area contributed by atoms with Gasteiger partial charge in [-0.05, 0) is 71.1 Å². The Morgan fingerprint density at radius 1 is 0.281 bits per heavy atom. The normalized spacial score (nSPS) is 13.6. The Bertz CT molecular complexity index is 1670. The van der Waals surface area contributed by atoms with Crippen molar-refractivity contribution >= 4 is 0 Å². The van der Waals surface area contributed by atoms with Gasteiger partial charge in [0.1, 0.15) is 0 Å². The van der Waals surface area contributed by atoms with Gasteiger partial charge in [0.2, 0.25) is 0 Å². The maximum Gasteiger partial charge on any atom is 0.0704 e. The van der Waals surface area contributed by atoms with E-state index in [1.807, 2.05) is 69.4 Å². The Morgan fingerprint density at radius 2 is 0.490 bits per heavy atom. The molecule has 0 aromatic heterocycles. The minimum absolute atomic E-state index is 0.0710. The summed E-state index contributed by atoms with van der Waals surface area (Å²) in [6, 6.07) is 0. The van der Waals surface area contributed by atoms with Crippen LogP contribution in [0.15, 0.2) is 188 Å². The predicted octanol–water partition coefficient (Wildman–Crippen LogP) is 14.7. The average molecular weight is 1360 g/mol. The number of allylic oxidation sites excluding steroid dienone is 3. The molecule has 0 aromatic carbocycles. The number of hydrogen-bond acceptors (Lipinski definition) is 17. The van der Waals surface area contributed by atoms with Gasteiger partial charge in [0.25, 0.3) is 0 Å². The summed E-state index contributed by atoms with van der Waals surface area (Å²) >= 11 is 0. The lowest BCUT2D eigenvalue weighted by atomic mass is 9.83. The molecule has 0 bridgehead atoms.